The summed E-state index contributed by atoms with van der Waals surface area (Å²) in [5.41, 5.74) is 1.79. The summed E-state index contributed by atoms with van der Waals surface area (Å²) in [5, 5.41) is 9.10. The number of benzene rings is 2. The minimum Gasteiger partial charge on any atom is -0.332 e. The van der Waals surface area contributed by atoms with Gasteiger partial charge in [0.15, 0.2) is 5.11 Å². The molecule has 2 aromatic rings. The van der Waals surface area contributed by atoms with Crippen molar-refractivity contribution in [3.05, 3.63) is 59.1 Å². The topological polar surface area (TPSA) is 70.2 Å². The predicted octanol–water partition coefficient (Wildman–Crippen LogP) is 4.60. The second kappa shape index (κ2) is 9.89. The highest BCUT2D eigenvalue weighted by Crippen LogP contribution is 2.16. The number of unbranched alkanes of at least 4 members (excludes halogenated alkanes) is 1. The monoisotopic (exact) mass is 389 g/mol. The predicted molar refractivity (Wildman–Crippen MR) is 110 cm³/mol. The second-order valence-corrected chi connectivity index (χ2v) is 6.49. The van der Waals surface area contributed by atoms with Crippen LogP contribution in [-0.4, -0.2) is 16.9 Å². The van der Waals surface area contributed by atoms with Gasteiger partial charge in [0.25, 0.3) is 5.91 Å². The molecule has 0 saturated carbocycles. The van der Waals surface area contributed by atoms with Gasteiger partial charge in [-0.25, -0.2) is 0 Å². The fourth-order valence-corrected chi connectivity index (χ4v) is 2.51. The molecule has 2 amide bonds. The third-order valence-corrected chi connectivity index (χ3v) is 3.95. The molecule has 0 heterocycles. The van der Waals surface area contributed by atoms with Crippen LogP contribution in [0.2, 0.25) is 5.02 Å². The number of thiocarbonyl (C=S) groups is 1. The summed E-state index contributed by atoms with van der Waals surface area (Å²) < 4.78 is 0. The molecule has 0 aliphatic heterocycles. The van der Waals surface area contributed by atoms with Gasteiger partial charge < -0.3 is 10.6 Å². The first-order chi connectivity index (χ1) is 12.5. The van der Waals surface area contributed by atoms with Crippen molar-refractivity contribution in [1.82, 2.24) is 5.32 Å². The molecule has 7 heteroatoms. The number of carbonyl (C=O) groups excluding carboxylic acids is 2. The molecule has 0 bridgehead atoms. The summed E-state index contributed by atoms with van der Waals surface area (Å²) in [6, 6.07) is 13.6. The average molecular weight is 390 g/mol. The quantitative estimate of drug-likeness (QED) is 0.631. The van der Waals surface area contributed by atoms with E-state index in [0.29, 0.717) is 28.4 Å². The van der Waals surface area contributed by atoms with Crippen LogP contribution in [0, 0.1) is 0 Å². The van der Waals surface area contributed by atoms with E-state index in [2.05, 4.69) is 16.0 Å². The van der Waals surface area contributed by atoms with E-state index in [1.165, 1.54) is 0 Å². The largest absolute Gasteiger partial charge is 0.332 e. The summed E-state index contributed by atoms with van der Waals surface area (Å²) in [7, 11) is 0. The number of amides is 2. The molecule has 0 atom stereocenters. The van der Waals surface area contributed by atoms with Crippen molar-refractivity contribution in [2.24, 2.45) is 0 Å². The van der Waals surface area contributed by atoms with Gasteiger partial charge in [-0.05, 0) is 61.1 Å². The molecule has 0 radical (unpaired) electrons. The Morgan fingerprint density at radius 3 is 2.35 bits per heavy atom. The Kier molecular flexibility index (Phi) is 7.56. The minimum atomic E-state index is -0.330. The van der Waals surface area contributed by atoms with Gasteiger partial charge in [0, 0.05) is 28.4 Å². The summed E-state index contributed by atoms with van der Waals surface area (Å²) in [5.74, 6) is -0.356. The van der Waals surface area contributed by atoms with Gasteiger partial charge in [0.05, 0.1) is 0 Å². The molecule has 2 rings (SSSR count). The molecule has 26 heavy (non-hydrogen) atoms. The number of nitrogens with one attached hydrogen (secondary N) is 3. The molecule has 0 fully saturated rings. The lowest BCUT2D eigenvalue weighted by Crippen LogP contribution is -2.34. The number of carbonyl (C=O) groups is 2. The van der Waals surface area contributed by atoms with Gasteiger partial charge in [0.1, 0.15) is 0 Å². The van der Waals surface area contributed by atoms with Crippen LogP contribution in [0.15, 0.2) is 48.5 Å². The van der Waals surface area contributed by atoms with Crippen molar-refractivity contribution >= 4 is 52.1 Å². The third kappa shape index (κ3) is 6.46. The number of halogens is 1. The molecule has 0 aliphatic carbocycles. The van der Waals surface area contributed by atoms with Crippen LogP contribution in [-0.2, 0) is 4.79 Å². The maximum atomic E-state index is 12.1. The maximum Gasteiger partial charge on any atom is 0.257 e. The van der Waals surface area contributed by atoms with E-state index in [0.717, 1.165) is 12.8 Å². The van der Waals surface area contributed by atoms with Gasteiger partial charge in [-0.2, -0.15) is 0 Å². The van der Waals surface area contributed by atoms with Gasteiger partial charge in [0.2, 0.25) is 5.91 Å². The van der Waals surface area contributed by atoms with Gasteiger partial charge >= 0.3 is 0 Å². The van der Waals surface area contributed by atoms with Crippen molar-refractivity contribution in [3.8, 4) is 0 Å². The molecular weight excluding hydrogens is 370 g/mol. The Balaban J connectivity index is 1.92. The van der Waals surface area contributed by atoms with Crippen LogP contribution in [0.4, 0.5) is 11.4 Å². The highest BCUT2D eigenvalue weighted by Gasteiger charge is 2.08. The van der Waals surface area contributed by atoms with E-state index in [-0.39, 0.29) is 16.9 Å². The molecule has 0 saturated heterocycles. The van der Waals surface area contributed by atoms with E-state index in [9.17, 15) is 9.59 Å². The Labute approximate surface area is 163 Å². The normalized spacial score (nSPS) is 10.1. The lowest BCUT2D eigenvalue weighted by atomic mass is 10.2. The van der Waals surface area contributed by atoms with Crippen molar-refractivity contribution in [2.75, 3.05) is 10.6 Å². The smallest absolute Gasteiger partial charge is 0.257 e. The van der Waals surface area contributed by atoms with E-state index >= 15 is 0 Å². The van der Waals surface area contributed by atoms with Crippen LogP contribution >= 0.6 is 23.8 Å². The van der Waals surface area contributed by atoms with Crippen LogP contribution in [0.3, 0.4) is 0 Å². The van der Waals surface area contributed by atoms with Crippen LogP contribution < -0.4 is 16.0 Å². The number of hydrogen-bond donors (Lipinski definition) is 3. The molecule has 0 aromatic heterocycles. The minimum absolute atomic E-state index is 0.0254. The molecular formula is C19H20ClN3O2S. The third-order valence-electron chi connectivity index (χ3n) is 3.50. The Bertz CT molecular complexity index is 794. The molecule has 5 nitrogen and oxygen atoms in total. The lowest BCUT2D eigenvalue weighted by Gasteiger charge is -2.11. The van der Waals surface area contributed by atoms with Crippen LogP contribution in [0.5, 0.6) is 0 Å². The van der Waals surface area contributed by atoms with Gasteiger partial charge in [-0.3, -0.25) is 14.9 Å². The van der Waals surface area contributed by atoms with Crippen LogP contribution in [0.1, 0.15) is 36.5 Å². The molecule has 0 unspecified atom stereocenters. The van der Waals surface area contributed by atoms with Crippen molar-refractivity contribution < 1.29 is 9.59 Å². The maximum absolute atomic E-state index is 12.1. The first-order valence-corrected chi connectivity index (χ1v) is 9.04. The van der Waals surface area contributed by atoms with E-state index < -0.39 is 0 Å². The van der Waals surface area contributed by atoms with Gasteiger partial charge in [-0.1, -0.05) is 31.0 Å². The zero-order chi connectivity index (χ0) is 18.9. The first kappa shape index (κ1) is 19.9. The number of hydrogen-bond acceptors (Lipinski definition) is 3. The highest BCUT2D eigenvalue weighted by atomic mass is 35.5. The average Bonchev–Trinajstić information content (AvgIpc) is 2.60. The van der Waals surface area contributed by atoms with Crippen molar-refractivity contribution in [3.63, 3.8) is 0 Å². The SMILES string of the molecule is CCCCC(=O)Nc1cccc(NC(=S)NC(=O)c2ccc(Cl)cc2)c1. The van der Waals surface area contributed by atoms with E-state index in [1.54, 1.807) is 48.5 Å². The summed E-state index contributed by atoms with van der Waals surface area (Å²) in [6.45, 7) is 2.04. The standard InChI is InChI=1S/C19H20ClN3O2S/c1-2-3-7-17(24)21-15-5-4-6-16(12-15)22-19(26)23-18(25)13-8-10-14(20)11-9-13/h4-6,8-12H,2-3,7H2,1H3,(H,21,24)(H2,22,23,25,26). The van der Waals surface area contributed by atoms with Crippen molar-refractivity contribution in [1.29, 1.82) is 0 Å². The Hall–Kier alpha value is -2.44. The first-order valence-electron chi connectivity index (χ1n) is 8.25. The number of rotatable bonds is 6. The Morgan fingerprint density at radius 1 is 1.04 bits per heavy atom. The lowest BCUT2D eigenvalue weighted by molar-refractivity contribution is -0.116. The molecule has 136 valence electrons. The second-order valence-electron chi connectivity index (χ2n) is 5.65. The molecule has 0 spiro atoms. The van der Waals surface area contributed by atoms with E-state index in [4.69, 9.17) is 23.8 Å². The zero-order valence-electron chi connectivity index (χ0n) is 14.3. The molecule has 0 aliphatic rings. The molecule has 2 aromatic carbocycles. The highest BCUT2D eigenvalue weighted by molar-refractivity contribution is 7.80. The number of anilines is 2. The molecule has 3 N–H and O–H groups in total. The summed E-state index contributed by atoms with van der Waals surface area (Å²) in [4.78, 5) is 23.9. The summed E-state index contributed by atoms with van der Waals surface area (Å²) >= 11 is 11.0. The fourth-order valence-electron chi connectivity index (χ4n) is 2.17. The Morgan fingerprint density at radius 2 is 1.69 bits per heavy atom. The fraction of sp³-hybridized carbons (Fsp3) is 0.211. The van der Waals surface area contributed by atoms with E-state index in [1.807, 2.05) is 6.92 Å². The zero-order valence-corrected chi connectivity index (χ0v) is 15.9. The van der Waals surface area contributed by atoms with Crippen LogP contribution in [0.25, 0.3) is 0 Å². The van der Waals surface area contributed by atoms with Gasteiger partial charge in [-0.15, -0.1) is 0 Å². The summed E-state index contributed by atoms with van der Waals surface area (Å²) in [6.07, 6.45) is 2.31. The van der Waals surface area contributed by atoms with Crippen molar-refractivity contribution in [2.45, 2.75) is 26.2 Å².